The Morgan fingerprint density at radius 2 is 2.21 bits per heavy atom. The molecule has 0 saturated carbocycles. The SMILES string of the molecule is Cc1ccc2nc([C@@H]3CCCN(c4nccn(C)c4=O)C3)[nH]c2c1. The van der Waals surface area contributed by atoms with Crippen molar-refractivity contribution in [1.82, 2.24) is 19.5 Å². The molecule has 0 bridgehead atoms. The van der Waals surface area contributed by atoms with Crippen LogP contribution in [0.25, 0.3) is 11.0 Å². The van der Waals surface area contributed by atoms with Crippen LogP contribution in [0.1, 0.15) is 30.1 Å². The summed E-state index contributed by atoms with van der Waals surface area (Å²) in [5.41, 5.74) is 3.26. The quantitative estimate of drug-likeness (QED) is 0.786. The van der Waals surface area contributed by atoms with Crippen molar-refractivity contribution in [3.63, 3.8) is 0 Å². The molecule has 0 aliphatic carbocycles. The van der Waals surface area contributed by atoms with E-state index in [1.165, 1.54) is 5.56 Å². The van der Waals surface area contributed by atoms with Gasteiger partial charge in [-0.3, -0.25) is 4.79 Å². The van der Waals surface area contributed by atoms with Gasteiger partial charge < -0.3 is 14.5 Å². The molecular formula is C18H21N5O. The summed E-state index contributed by atoms with van der Waals surface area (Å²) in [7, 11) is 1.76. The zero-order valence-corrected chi connectivity index (χ0v) is 14.0. The van der Waals surface area contributed by atoms with E-state index in [0.717, 1.165) is 42.8 Å². The number of hydrogen-bond donors (Lipinski definition) is 1. The van der Waals surface area contributed by atoms with E-state index in [1.807, 2.05) is 0 Å². The summed E-state index contributed by atoms with van der Waals surface area (Å²) in [6, 6.07) is 6.26. The minimum Gasteiger partial charge on any atom is -0.351 e. The molecule has 2 aromatic heterocycles. The predicted octanol–water partition coefficient (Wildman–Crippen LogP) is 2.35. The lowest BCUT2D eigenvalue weighted by Crippen LogP contribution is -2.39. The van der Waals surface area contributed by atoms with E-state index in [0.29, 0.717) is 5.82 Å². The molecule has 1 aliphatic heterocycles. The van der Waals surface area contributed by atoms with Crippen molar-refractivity contribution in [3.8, 4) is 0 Å². The third-order valence-electron chi connectivity index (χ3n) is 4.76. The van der Waals surface area contributed by atoms with Gasteiger partial charge in [-0.15, -0.1) is 0 Å². The Bertz CT molecular complexity index is 942. The first-order valence-corrected chi connectivity index (χ1v) is 8.34. The number of benzene rings is 1. The molecule has 1 N–H and O–H groups in total. The van der Waals surface area contributed by atoms with E-state index >= 15 is 0 Å². The zero-order valence-electron chi connectivity index (χ0n) is 14.0. The highest BCUT2D eigenvalue weighted by molar-refractivity contribution is 5.75. The topological polar surface area (TPSA) is 66.8 Å². The summed E-state index contributed by atoms with van der Waals surface area (Å²) >= 11 is 0. The lowest BCUT2D eigenvalue weighted by Gasteiger charge is -2.32. The molecule has 6 heteroatoms. The van der Waals surface area contributed by atoms with Crippen molar-refractivity contribution in [2.45, 2.75) is 25.7 Å². The molecule has 6 nitrogen and oxygen atoms in total. The first-order valence-electron chi connectivity index (χ1n) is 8.34. The molecule has 3 heterocycles. The number of H-pyrrole nitrogens is 1. The van der Waals surface area contributed by atoms with Crippen molar-refractivity contribution in [2.24, 2.45) is 7.05 Å². The van der Waals surface area contributed by atoms with Gasteiger partial charge in [-0.05, 0) is 37.5 Å². The van der Waals surface area contributed by atoms with Crippen molar-refractivity contribution in [2.75, 3.05) is 18.0 Å². The first kappa shape index (κ1) is 14.9. The van der Waals surface area contributed by atoms with Crippen LogP contribution in [0, 0.1) is 6.92 Å². The summed E-state index contributed by atoms with van der Waals surface area (Å²) in [6.45, 7) is 3.71. The molecule has 0 unspecified atom stereocenters. The molecule has 1 aromatic carbocycles. The van der Waals surface area contributed by atoms with Crippen LogP contribution >= 0.6 is 0 Å². The maximum atomic E-state index is 12.3. The number of rotatable bonds is 2. The molecular weight excluding hydrogens is 302 g/mol. The second-order valence-electron chi connectivity index (χ2n) is 6.59. The van der Waals surface area contributed by atoms with E-state index in [4.69, 9.17) is 4.98 Å². The van der Waals surface area contributed by atoms with Gasteiger partial charge >= 0.3 is 0 Å². The Balaban J connectivity index is 1.64. The second-order valence-corrected chi connectivity index (χ2v) is 6.59. The van der Waals surface area contributed by atoms with Crippen LogP contribution < -0.4 is 10.5 Å². The van der Waals surface area contributed by atoms with E-state index in [9.17, 15) is 4.79 Å². The van der Waals surface area contributed by atoms with Crippen LogP contribution in [0.15, 0.2) is 35.4 Å². The molecule has 4 rings (SSSR count). The minimum atomic E-state index is -0.0432. The fourth-order valence-corrected chi connectivity index (χ4v) is 3.43. The monoisotopic (exact) mass is 323 g/mol. The molecule has 1 atom stereocenters. The number of piperidine rings is 1. The molecule has 3 aromatic rings. The Labute approximate surface area is 140 Å². The van der Waals surface area contributed by atoms with Crippen LogP contribution in [0.4, 0.5) is 5.82 Å². The number of imidazole rings is 1. The normalized spacial score (nSPS) is 18.2. The van der Waals surface area contributed by atoms with E-state index < -0.39 is 0 Å². The third kappa shape index (κ3) is 2.58. The Morgan fingerprint density at radius 1 is 1.33 bits per heavy atom. The van der Waals surface area contributed by atoms with Gasteiger partial charge in [0, 0.05) is 38.4 Å². The number of aromatic amines is 1. The zero-order chi connectivity index (χ0) is 16.7. The van der Waals surface area contributed by atoms with Crippen LogP contribution in [0.5, 0.6) is 0 Å². The van der Waals surface area contributed by atoms with Crippen LogP contribution in [0.2, 0.25) is 0 Å². The standard InChI is InChI=1S/C18H21N5O/c1-12-5-6-14-15(10-12)21-16(20-14)13-4-3-8-23(11-13)17-18(24)22(2)9-7-19-17/h5-7,9-10,13H,3-4,8,11H2,1-2H3,(H,20,21)/t13-/m1/s1. The smallest absolute Gasteiger partial charge is 0.293 e. The third-order valence-corrected chi connectivity index (χ3v) is 4.76. The van der Waals surface area contributed by atoms with Gasteiger partial charge in [0.1, 0.15) is 5.82 Å². The second kappa shape index (κ2) is 5.78. The van der Waals surface area contributed by atoms with Gasteiger partial charge in [0.25, 0.3) is 5.56 Å². The lowest BCUT2D eigenvalue weighted by molar-refractivity contribution is 0.490. The van der Waals surface area contributed by atoms with Gasteiger partial charge in [0.05, 0.1) is 11.0 Å². The van der Waals surface area contributed by atoms with Gasteiger partial charge in [0.2, 0.25) is 0 Å². The minimum absolute atomic E-state index is 0.0432. The van der Waals surface area contributed by atoms with Gasteiger partial charge in [-0.1, -0.05) is 6.07 Å². The Kier molecular flexibility index (Phi) is 3.59. The van der Waals surface area contributed by atoms with E-state index in [-0.39, 0.29) is 11.5 Å². The van der Waals surface area contributed by atoms with Crippen LogP contribution in [0.3, 0.4) is 0 Å². The number of nitrogens with one attached hydrogen (secondary N) is 1. The maximum absolute atomic E-state index is 12.3. The molecule has 0 radical (unpaired) electrons. The van der Waals surface area contributed by atoms with Crippen LogP contribution in [-0.2, 0) is 7.05 Å². The van der Waals surface area contributed by atoms with Gasteiger partial charge in [-0.2, -0.15) is 0 Å². The fourth-order valence-electron chi connectivity index (χ4n) is 3.43. The average molecular weight is 323 g/mol. The van der Waals surface area contributed by atoms with E-state index in [1.54, 1.807) is 24.0 Å². The average Bonchev–Trinajstić information content (AvgIpc) is 3.00. The number of fused-ring (bicyclic) bond motifs is 1. The number of aromatic nitrogens is 4. The lowest BCUT2D eigenvalue weighted by atomic mass is 9.97. The summed E-state index contributed by atoms with van der Waals surface area (Å²) in [5.74, 6) is 1.84. The Morgan fingerprint density at radius 3 is 3.08 bits per heavy atom. The van der Waals surface area contributed by atoms with Crippen molar-refractivity contribution in [3.05, 3.63) is 52.3 Å². The number of aryl methyl sites for hydroxylation is 2. The summed E-state index contributed by atoms with van der Waals surface area (Å²) < 4.78 is 1.58. The largest absolute Gasteiger partial charge is 0.351 e. The van der Waals surface area contributed by atoms with Crippen LogP contribution in [-0.4, -0.2) is 32.6 Å². The first-order chi connectivity index (χ1) is 11.6. The molecule has 124 valence electrons. The highest BCUT2D eigenvalue weighted by atomic mass is 16.1. The molecule has 1 fully saturated rings. The highest BCUT2D eigenvalue weighted by Gasteiger charge is 2.26. The fraction of sp³-hybridized carbons (Fsp3) is 0.389. The molecule has 1 saturated heterocycles. The summed E-state index contributed by atoms with van der Waals surface area (Å²) in [5, 5.41) is 0. The molecule has 24 heavy (non-hydrogen) atoms. The number of nitrogens with zero attached hydrogens (tertiary/aromatic N) is 4. The van der Waals surface area contributed by atoms with Crippen molar-refractivity contribution in [1.29, 1.82) is 0 Å². The van der Waals surface area contributed by atoms with Gasteiger partial charge in [-0.25, -0.2) is 9.97 Å². The number of anilines is 1. The molecule has 0 spiro atoms. The predicted molar refractivity (Wildman–Crippen MR) is 94.5 cm³/mol. The summed E-state index contributed by atoms with van der Waals surface area (Å²) in [6.07, 6.45) is 5.47. The van der Waals surface area contributed by atoms with Crippen molar-refractivity contribution >= 4 is 16.9 Å². The van der Waals surface area contributed by atoms with Gasteiger partial charge in [0.15, 0.2) is 5.82 Å². The number of hydrogen-bond acceptors (Lipinski definition) is 4. The van der Waals surface area contributed by atoms with Crippen molar-refractivity contribution < 1.29 is 0 Å². The van der Waals surface area contributed by atoms with E-state index in [2.05, 4.69) is 40.0 Å². The molecule has 0 amide bonds. The maximum Gasteiger partial charge on any atom is 0.293 e. The highest BCUT2D eigenvalue weighted by Crippen LogP contribution is 2.28. The molecule has 1 aliphatic rings. The Hall–Kier alpha value is -2.63. The summed E-state index contributed by atoms with van der Waals surface area (Å²) in [4.78, 5) is 26.9.